The lowest BCUT2D eigenvalue weighted by molar-refractivity contribution is 0.102. The quantitative estimate of drug-likeness (QED) is 0.781. The van der Waals surface area contributed by atoms with E-state index in [1.54, 1.807) is 6.92 Å². The summed E-state index contributed by atoms with van der Waals surface area (Å²) in [6, 6.07) is -0.286. The zero-order valence-corrected chi connectivity index (χ0v) is 9.84. The van der Waals surface area contributed by atoms with Gasteiger partial charge in [0.05, 0.1) is 11.5 Å². The highest BCUT2D eigenvalue weighted by atomic mass is 32.2. The molecule has 1 aliphatic heterocycles. The molecular weight excluding hydrogens is 218 g/mol. The Kier molecular flexibility index (Phi) is 3.96. The van der Waals surface area contributed by atoms with Gasteiger partial charge in [0.25, 0.3) is 0 Å². The fourth-order valence-corrected chi connectivity index (χ4v) is 3.05. The molecule has 1 saturated heterocycles. The van der Waals surface area contributed by atoms with Gasteiger partial charge >= 0.3 is 6.09 Å². The largest absolute Gasteiger partial charge is 0.447 e. The molecular formula is C9H17NO4S. The van der Waals surface area contributed by atoms with Crippen molar-refractivity contribution in [1.29, 1.82) is 0 Å². The molecule has 2 unspecified atom stereocenters. The third-order valence-corrected chi connectivity index (χ3v) is 4.21. The van der Waals surface area contributed by atoms with Gasteiger partial charge in [-0.2, -0.15) is 0 Å². The standard InChI is InChI=1S/C9H17NO4S/c1-3-7(2)14-9(11)10-8-4-5-15(12,13)6-8/h7-8H,3-6H2,1-2H3,(H,10,11). The summed E-state index contributed by atoms with van der Waals surface area (Å²) < 4.78 is 27.2. The van der Waals surface area contributed by atoms with Crippen LogP contribution in [0.1, 0.15) is 26.7 Å². The Labute approximate surface area is 90.1 Å². The summed E-state index contributed by atoms with van der Waals surface area (Å²) in [6.45, 7) is 3.71. The highest BCUT2D eigenvalue weighted by Gasteiger charge is 2.29. The van der Waals surface area contributed by atoms with E-state index in [0.29, 0.717) is 6.42 Å². The van der Waals surface area contributed by atoms with E-state index < -0.39 is 15.9 Å². The molecule has 0 spiro atoms. The lowest BCUT2D eigenvalue weighted by Gasteiger charge is -2.14. The number of carbonyl (C=O) groups excluding carboxylic acids is 1. The number of alkyl carbamates (subject to hydrolysis) is 1. The molecule has 1 heterocycles. The number of carbonyl (C=O) groups is 1. The van der Waals surface area contributed by atoms with Crippen molar-refractivity contribution in [1.82, 2.24) is 5.32 Å². The molecule has 0 radical (unpaired) electrons. The van der Waals surface area contributed by atoms with Crippen molar-refractivity contribution in [2.75, 3.05) is 11.5 Å². The lowest BCUT2D eigenvalue weighted by Crippen LogP contribution is -2.37. The van der Waals surface area contributed by atoms with Gasteiger partial charge in [0, 0.05) is 6.04 Å². The summed E-state index contributed by atoms with van der Waals surface area (Å²) in [5.41, 5.74) is 0. The molecule has 0 aromatic carbocycles. The Morgan fingerprint density at radius 1 is 1.60 bits per heavy atom. The second kappa shape index (κ2) is 4.83. The molecule has 15 heavy (non-hydrogen) atoms. The van der Waals surface area contributed by atoms with E-state index in [-0.39, 0.29) is 23.7 Å². The molecule has 0 aromatic heterocycles. The predicted octanol–water partition coefficient (Wildman–Crippen LogP) is 0.698. The first-order valence-corrected chi connectivity index (χ1v) is 6.92. The summed E-state index contributed by atoms with van der Waals surface area (Å²) in [5, 5.41) is 2.56. The molecule has 1 aliphatic rings. The fourth-order valence-electron chi connectivity index (χ4n) is 1.38. The van der Waals surface area contributed by atoms with E-state index in [2.05, 4.69) is 5.32 Å². The van der Waals surface area contributed by atoms with E-state index in [9.17, 15) is 13.2 Å². The summed E-state index contributed by atoms with van der Waals surface area (Å²) in [4.78, 5) is 11.3. The van der Waals surface area contributed by atoms with Crippen LogP contribution in [0, 0.1) is 0 Å². The maximum atomic E-state index is 11.3. The highest BCUT2D eigenvalue weighted by molar-refractivity contribution is 7.91. The zero-order valence-electron chi connectivity index (χ0n) is 9.02. The maximum Gasteiger partial charge on any atom is 0.407 e. The summed E-state index contributed by atoms with van der Waals surface area (Å²) in [6.07, 6.45) is 0.573. The van der Waals surface area contributed by atoms with E-state index >= 15 is 0 Å². The number of hydrogen-bond donors (Lipinski definition) is 1. The van der Waals surface area contributed by atoms with Gasteiger partial charge in [-0.05, 0) is 19.8 Å². The SMILES string of the molecule is CCC(C)OC(=O)NC1CCS(=O)(=O)C1. The molecule has 0 aliphatic carbocycles. The van der Waals surface area contributed by atoms with Gasteiger partial charge in [0.15, 0.2) is 9.84 Å². The van der Waals surface area contributed by atoms with Gasteiger partial charge in [-0.15, -0.1) is 0 Å². The summed E-state index contributed by atoms with van der Waals surface area (Å²) in [5.74, 6) is 0.184. The maximum absolute atomic E-state index is 11.3. The van der Waals surface area contributed by atoms with Crippen LogP contribution in [0.3, 0.4) is 0 Å². The third kappa shape index (κ3) is 4.07. The minimum Gasteiger partial charge on any atom is -0.447 e. The molecule has 88 valence electrons. The van der Waals surface area contributed by atoms with Gasteiger partial charge < -0.3 is 10.1 Å². The number of nitrogens with one attached hydrogen (secondary N) is 1. The topological polar surface area (TPSA) is 72.5 Å². The van der Waals surface area contributed by atoms with Crippen LogP contribution < -0.4 is 5.32 Å². The average molecular weight is 235 g/mol. The first-order chi connectivity index (χ1) is 6.93. The second-order valence-electron chi connectivity index (χ2n) is 3.87. The number of amides is 1. The Hall–Kier alpha value is -0.780. The summed E-state index contributed by atoms with van der Waals surface area (Å²) >= 11 is 0. The number of rotatable bonds is 3. The van der Waals surface area contributed by atoms with Crippen LogP contribution in [0.25, 0.3) is 0 Å². The van der Waals surface area contributed by atoms with E-state index in [1.165, 1.54) is 0 Å². The van der Waals surface area contributed by atoms with Crippen LogP contribution in [0.2, 0.25) is 0 Å². The number of sulfone groups is 1. The molecule has 1 fully saturated rings. The monoisotopic (exact) mass is 235 g/mol. The molecule has 0 aromatic rings. The van der Waals surface area contributed by atoms with Crippen molar-refractivity contribution >= 4 is 15.9 Å². The Bertz CT molecular complexity index is 325. The van der Waals surface area contributed by atoms with Gasteiger partial charge in [-0.3, -0.25) is 0 Å². The number of ether oxygens (including phenoxy) is 1. The third-order valence-electron chi connectivity index (χ3n) is 2.44. The minimum absolute atomic E-state index is 0.0304. The Balaban J connectivity index is 2.34. The van der Waals surface area contributed by atoms with Gasteiger partial charge in [0.2, 0.25) is 0 Å². The van der Waals surface area contributed by atoms with Crippen LogP contribution in [-0.2, 0) is 14.6 Å². The summed E-state index contributed by atoms with van der Waals surface area (Å²) in [7, 11) is -2.95. The molecule has 0 saturated carbocycles. The first kappa shape index (κ1) is 12.3. The predicted molar refractivity (Wildman–Crippen MR) is 56.4 cm³/mol. The van der Waals surface area contributed by atoms with Crippen LogP contribution in [-0.4, -0.2) is 38.2 Å². The van der Waals surface area contributed by atoms with Crippen molar-refractivity contribution in [2.45, 2.75) is 38.8 Å². The van der Waals surface area contributed by atoms with Crippen molar-refractivity contribution in [3.63, 3.8) is 0 Å². The number of hydrogen-bond acceptors (Lipinski definition) is 4. The molecule has 0 bridgehead atoms. The van der Waals surface area contributed by atoms with Crippen LogP contribution >= 0.6 is 0 Å². The zero-order chi connectivity index (χ0) is 11.5. The fraction of sp³-hybridized carbons (Fsp3) is 0.889. The molecule has 1 rings (SSSR count). The minimum atomic E-state index is -2.95. The van der Waals surface area contributed by atoms with E-state index in [4.69, 9.17) is 4.74 Å². The van der Waals surface area contributed by atoms with Crippen molar-refractivity contribution in [3.8, 4) is 0 Å². The van der Waals surface area contributed by atoms with E-state index in [1.807, 2.05) is 6.92 Å². The van der Waals surface area contributed by atoms with Crippen LogP contribution in [0.5, 0.6) is 0 Å². The molecule has 1 amide bonds. The molecule has 5 nitrogen and oxygen atoms in total. The van der Waals surface area contributed by atoms with Gasteiger partial charge in [0.1, 0.15) is 6.10 Å². The van der Waals surface area contributed by atoms with Gasteiger partial charge in [-0.25, -0.2) is 13.2 Å². The Morgan fingerprint density at radius 2 is 2.27 bits per heavy atom. The highest BCUT2D eigenvalue weighted by Crippen LogP contribution is 2.11. The normalized spacial score (nSPS) is 25.9. The molecule has 1 N–H and O–H groups in total. The van der Waals surface area contributed by atoms with Gasteiger partial charge in [-0.1, -0.05) is 6.92 Å². The lowest BCUT2D eigenvalue weighted by atomic mass is 10.3. The first-order valence-electron chi connectivity index (χ1n) is 5.10. The second-order valence-corrected chi connectivity index (χ2v) is 6.10. The van der Waals surface area contributed by atoms with Crippen LogP contribution in [0.15, 0.2) is 0 Å². The average Bonchev–Trinajstić information content (AvgIpc) is 2.44. The molecule has 2 atom stereocenters. The smallest absolute Gasteiger partial charge is 0.407 e. The van der Waals surface area contributed by atoms with Crippen molar-refractivity contribution in [2.24, 2.45) is 0 Å². The Morgan fingerprint density at radius 3 is 2.73 bits per heavy atom. The van der Waals surface area contributed by atoms with E-state index in [0.717, 1.165) is 6.42 Å². The molecule has 6 heteroatoms. The van der Waals surface area contributed by atoms with Crippen molar-refractivity contribution in [3.05, 3.63) is 0 Å². The van der Waals surface area contributed by atoms with Crippen molar-refractivity contribution < 1.29 is 17.9 Å². The van der Waals surface area contributed by atoms with Crippen LogP contribution in [0.4, 0.5) is 4.79 Å².